The van der Waals surface area contributed by atoms with Gasteiger partial charge in [0.05, 0.1) is 5.69 Å². The third-order valence-electron chi connectivity index (χ3n) is 4.43. The van der Waals surface area contributed by atoms with Crippen LogP contribution in [-0.4, -0.2) is 18.3 Å². The second-order valence-corrected chi connectivity index (χ2v) is 6.59. The van der Waals surface area contributed by atoms with Gasteiger partial charge in [-0.25, -0.2) is 0 Å². The number of ketones is 1. The van der Waals surface area contributed by atoms with Crippen molar-refractivity contribution in [2.24, 2.45) is 0 Å². The molecule has 5 nitrogen and oxygen atoms in total. The maximum atomic E-state index is 12.5. The summed E-state index contributed by atoms with van der Waals surface area (Å²) >= 11 is 0. The molecule has 3 aromatic carbocycles. The van der Waals surface area contributed by atoms with Gasteiger partial charge in [0, 0.05) is 5.56 Å². The van der Waals surface area contributed by atoms with E-state index in [-0.39, 0.29) is 18.3 Å². The minimum absolute atomic E-state index is 0.0110. The molecule has 1 aliphatic heterocycles. The van der Waals surface area contributed by atoms with Crippen molar-refractivity contribution in [3.63, 3.8) is 0 Å². The van der Waals surface area contributed by atoms with E-state index in [1.54, 1.807) is 24.3 Å². The number of benzene rings is 3. The van der Waals surface area contributed by atoms with Crippen LogP contribution in [0.15, 0.2) is 78.9 Å². The number of allylic oxidation sites excluding steroid dienone is 1. The van der Waals surface area contributed by atoms with Gasteiger partial charge in [-0.05, 0) is 47.5 Å². The molecular weight excluding hydrogens is 366 g/mol. The van der Waals surface area contributed by atoms with Crippen molar-refractivity contribution in [2.45, 2.75) is 6.61 Å². The summed E-state index contributed by atoms with van der Waals surface area (Å²) in [5.74, 6) is 0.902. The second-order valence-electron chi connectivity index (χ2n) is 6.59. The van der Waals surface area contributed by atoms with Crippen molar-refractivity contribution < 1.29 is 19.1 Å². The van der Waals surface area contributed by atoms with E-state index in [4.69, 9.17) is 9.47 Å². The zero-order chi connectivity index (χ0) is 20.1. The number of amides is 1. The van der Waals surface area contributed by atoms with E-state index in [1.165, 1.54) is 6.08 Å². The fourth-order valence-corrected chi connectivity index (χ4v) is 2.95. The van der Waals surface area contributed by atoms with Gasteiger partial charge in [-0.3, -0.25) is 9.59 Å². The number of nitrogens with one attached hydrogen (secondary N) is 1. The minimum Gasteiger partial charge on any atom is -0.489 e. The van der Waals surface area contributed by atoms with E-state index in [1.807, 2.05) is 54.6 Å². The summed E-state index contributed by atoms with van der Waals surface area (Å²) < 4.78 is 11.1. The molecule has 0 saturated heterocycles. The first-order chi connectivity index (χ1) is 14.2. The summed E-state index contributed by atoms with van der Waals surface area (Å²) in [5, 5.41) is 2.71. The summed E-state index contributed by atoms with van der Waals surface area (Å²) in [7, 11) is 0. The Morgan fingerprint density at radius 1 is 1.03 bits per heavy atom. The Morgan fingerprint density at radius 3 is 2.76 bits per heavy atom. The lowest BCUT2D eigenvalue weighted by Crippen LogP contribution is -2.25. The quantitative estimate of drug-likeness (QED) is 0.501. The standard InChI is InChI=1S/C24H19NO4/c26-22(19-10-12-23-21(14-19)25-24(27)16-29-23)11-9-17-7-4-8-20(13-17)28-15-18-5-2-1-3-6-18/h1-14H,15-16H2,(H,25,27)/b11-9+. The molecule has 144 valence electrons. The van der Waals surface area contributed by atoms with E-state index >= 15 is 0 Å². The Kier molecular flexibility index (Phi) is 5.38. The highest BCUT2D eigenvalue weighted by molar-refractivity contribution is 6.08. The molecule has 29 heavy (non-hydrogen) atoms. The lowest BCUT2D eigenvalue weighted by Gasteiger charge is -2.17. The van der Waals surface area contributed by atoms with Crippen LogP contribution in [-0.2, 0) is 11.4 Å². The van der Waals surface area contributed by atoms with Crippen molar-refractivity contribution in [3.05, 3.63) is 95.6 Å². The van der Waals surface area contributed by atoms with Gasteiger partial charge in [-0.1, -0.05) is 48.5 Å². The monoisotopic (exact) mass is 385 g/mol. The van der Waals surface area contributed by atoms with Gasteiger partial charge in [0.25, 0.3) is 5.91 Å². The highest BCUT2D eigenvalue weighted by Gasteiger charge is 2.17. The number of carbonyl (C=O) groups excluding carboxylic acids is 2. The summed E-state index contributed by atoms with van der Waals surface area (Å²) in [4.78, 5) is 24.0. The van der Waals surface area contributed by atoms with Crippen LogP contribution in [0.2, 0.25) is 0 Å². The zero-order valence-corrected chi connectivity index (χ0v) is 15.6. The van der Waals surface area contributed by atoms with Crippen molar-refractivity contribution in [1.82, 2.24) is 0 Å². The van der Waals surface area contributed by atoms with E-state index in [0.717, 1.165) is 16.9 Å². The van der Waals surface area contributed by atoms with Gasteiger partial charge in [0.2, 0.25) is 0 Å². The van der Waals surface area contributed by atoms with Crippen molar-refractivity contribution in [3.8, 4) is 11.5 Å². The molecule has 0 atom stereocenters. The van der Waals surface area contributed by atoms with Gasteiger partial charge in [0.15, 0.2) is 12.4 Å². The summed E-state index contributed by atoms with van der Waals surface area (Å²) in [6.07, 6.45) is 3.25. The first kappa shape index (κ1) is 18.5. The van der Waals surface area contributed by atoms with Crippen LogP contribution in [0.1, 0.15) is 21.5 Å². The number of ether oxygens (including phenoxy) is 2. The Balaban J connectivity index is 1.43. The number of hydrogen-bond acceptors (Lipinski definition) is 4. The van der Waals surface area contributed by atoms with Crippen molar-refractivity contribution in [1.29, 1.82) is 0 Å². The molecule has 0 bridgehead atoms. The lowest BCUT2D eigenvalue weighted by molar-refractivity contribution is -0.118. The lowest BCUT2D eigenvalue weighted by atomic mass is 10.1. The summed E-state index contributed by atoms with van der Waals surface area (Å²) in [6.45, 7) is 0.471. The SMILES string of the molecule is O=C1COc2ccc(C(=O)/C=C/c3cccc(OCc4ccccc4)c3)cc2N1. The minimum atomic E-state index is -0.232. The Bertz CT molecular complexity index is 1070. The average molecular weight is 385 g/mol. The molecule has 0 aliphatic carbocycles. The fraction of sp³-hybridized carbons (Fsp3) is 0.0833. The summed E-state index contributed by atoms with van der Waals surface area (Å²) in [5.41, 5.74) is 2.93. The van der Waals surface area contributed by atoms with E-state index < -0.39 is 0 Å². The summed E-state index contributed by atoms with van der Waals surface area (Å²) in [6, 6.07) is 22.5. The Labute approximate surface area is 168 Å². The molecule has 1 N–H and O–H groups in total. The van der Waals surface area contributed by atoms with Crippen LogP contribution >= 0.6 is 0 Å². The molecule has 0 spiro atoms. The topological polar surface area (TPSA) is 64.6 Å². The first-order valence-electron chi connectivity index (χ1n) is 9.23. The van der Waals surface area contributed by atoms with Gasteiger partial charge < -0.3 is 14.8 Å². The van der Waals surface area contributed by atoms with Crippen LogP contribution in [0.3, 0.4) is 0 Å². The Hall–Kier alpha value is -3.86. The van der Waals surface area contributed by atoms with Gasteiger partial charge in [-0.15, -0.1) is 0 Å². The molecule has 0 fully saturated rings. The van der Waals surface area contributed by atoms with Gasteiger partial charge in [0.1, 0.15) is 18.1 Å². The molecule has 0 aromatic heterocycles. The van der Waals surface area contributed by atoms with E-state index in [2.05, 4.69) is 5.32 Å². The predicted octanol–water partition coefficient (Wildman–Crippen LogP) is 4.49. The molecule has 0 unspecified atom stereocenters. The molecule has 1 heterocycles. The maximum Gasteiger partial charge on any atom is 0.262 e. The highest BCUT2D eigenvalue weighted by atomic mass is 16.5. The van der Waals surface area contributed by atoms with Gasteiger partial charge >= 0.3 is 0 Å². The molecular formula is C24H19NO4. The van der Waals surface area contributed by atoms with Crippen LogP contribution in [0.5, 0.6) is 11.5 Å². The van der Waals surface area contributed by atoms with Crippen LogP contribution in [0.25, 0.3) is 6.08 Å². The molecule has 0 saturated carbocycles. The van der Waals surface area contributed by atoms with Gasteiger partial charge in [-0.2, -0.15) is 0 Å². The molecule has 1 aliphatic rings. The number of hydrogen-bond donors (Lipinski definition) is 1. The average Bonchev–Trinajstić information content (AvgIpc) is 2.76. The molecule has 1 amide bonds. The number of rotatable bonds is 6. The van der Waals surface area contributed by atoms with Crippen LogP contribution in [0.4, 0.5) is 5.69 Å². The van der Waals surface area contributed by atoms with Crippen LogP contribution in [0, 0.1) is 0 Å². The maximum absolute atomic E-state index is 12.5. The van der Waals surface area contributed by atoms with Crippen molar-refractivity contribution in [2.75, 3.05) is 11.9 Å². The van der Waals surface area contributed by atoms with Crippen LogP contribution < -0.4 is 14.8 Å². The third-order valence-corrected chi connectivity index (χ3v) is 4.43. The third kappa shape index (κ3) is 4.71. The van der Waals surface area contributed by atoms with E-state index in [9.17, 15) is 9.59 Å². The number of anilines is 1. The van der Waals surface area contributed by atoms with E-state index in [0.29, 0.717) is 23.6 Å². The van der Waals surface area contributed by atoms with Crippen molar-refractivity contribution >= 4 is 23.5 Å². The highest BCUT2D eigenvalue weighted by Crippen LogP contribution is 2.28. The molecule has 5 heteroatoms. The largest absolute Gasteiger partial charge is 0.489 e. The smallest absolute Gasteiger partial charge is 0.262 e. The first-order valence-corrected chi connectivity index (χ1v) is 9.23. The number of carbonyl (C=O) groups is 2. The fourth-order valence-electron chi connectivity index (χ4n) is 2.95. The molecule has 4 rings (SSSR count). The predicted molar refractivity (Wildman–Crippen MR) is 111 cm³/mol. The number of fused-ring (bicyclic) bond motifs is 1. The molecule has 3 aromatic rings. The normalized spacial score (nSPS) is 12.8. The second kappa shape index (κ2) is 8.44. The molecule has 0 radical (unpaired) electrons. The zero-order valence-electron chi connectivity index (χ0n) is 15.6. The Morgan fingerprint density at radius 2 is 1.90 bits per heavy atom.